The highest BCUT2D eigenvalue weighted by molar-refractivity contribution is 5.89. The molecule has 0 saturated carbocycles. The Morgan fingerprint density at radius 3 is 2.20 bits per heavy atom. The van der Waals surface area contributed by atoms with Crippen LogP contribution < -0.4 is 10.1 Å². The number of ether oxygens (including phenoxy) is 2. The molecule has 4 nitrogen and oxygen atoms in total. The van der Waals surface area contributed by atoms with Crippen LogP contribution in [0.1, 0.15) is 43.1 Å². The smallest absolute Gasteiger partial charge is 0.337 e. The van der Waals surface area contributed by atoms with Gasteiger partial charge < -0.3 is 14.8 Å². The summed E-state index contributed by atoms with van der Waals surface area (Å²) in [4.78, 5) is 11.4. The van der Waals surface area contributed by atoms with E-state index >= 15 is 0 Å². The predicted octanol–water partition coefficient (Wildman–Crippen LogP) is 4.65. The summed E-state index contributed by atoms with van der Waals surface area (Å²) in [5.41, 5.74) is 3.15. The standard InChI is InChI=1S/C21H27NO3/c1-21(2,3)17-8-10-18(11-9-17)22-14-5-15-25-19-12-6-16(7-13-19)20(23)24-4/h6-13,22H,5,14-15H2,1-4H3. The first-order valence-corrected chi connectivity index (χ1v) is 8.56. The van der Waals surface area contributed by atoms with Crippen molar-refractivity contribution in [2.24, 2.45) is 0 Å². The normalized spacial score (nSPS) is 11.0. The molecule has 0 unspecified atom stereocenters. The summed E-state index contributed by atoms with van der Waals surface area (Å²) >= 11 is 0. The Labute approximate surface area is 150 Å². The molecule has 0 spiro atoms. The molecule has 0 aliphatic rings. The van der Waals surface area contributed by atoms with Gasteiger partial charge in [-0.1, -0.05) is 32.9 Å². The first kappa shape index (κ1) is 18.8. The number of hydrogen-bond acceptors (Lipinski definition) is 4. The molecule has 0 aromatic heterocycles. The molecule has 0 aliphatic heterocycles. The highest BCUT2D eigenvalue weighted by Gasteiger charge is 2.12. The van der Waals surface area contributed by atoms with E-state index in [9.17, 15) is 4.79 Å². The number of hydrogen-bond donors (Lipinski definition) is 1. The first-order valence-electron chi connectivity index (χ1n) is 8.56. The van der Waals surface area contributed by atoms with Crippen LogP contribution in [0.2, 0.25) is 0 Å². The van der Waals surface area contributed by atoms with Gasteiger partial charge in [-0.3, -0.25) is 0 Å². The van der Waals surface area contributed by atoms with Gasteiger partial charge in [0, 0.05) is 12.2 Å². The van der Waals surface area contributed by atoms with Crippen LogP contribution in [0.15, 0.2) is 48.5 Å². The molecule has 0 radical (unpaired) electrons. The molecule has 2 rings (SSSR count). The Kier molecular flexibility index (Phi) is 6.45. The molecule has 0 heterocycles. The summed E-state index contributed by atoms with van der Waals surface area (Å²) in [6.07, 6.45) is 0.889. The van der Waals surface area contributed by atoms with Crippen molar-refractivity contribution < 1.29 is 14.3 Å². The summed E-state index contributed by atoms with van der Waals surface area (Å²) in [6, 6.07) is 15.5. The molecule has 0 saturated heterocycles. The van der Waals surface area contributed by atoms with E-state index in [1.165, 1.54) is 12.7 Å². The molecular weight excluding hydrogens is 314 g/mol. The third-order valence-electron chi connectivity index (χ3n) is 3.95. The predicted molar refractivity (Wildman–Crippen MR) is 102 cm³/mol. The molecule has 0 fully saturated rings. The second-order valence-corrected chi connectivity index (χ2v) is 6.97. The van der Waals surface area contributed by atoms with Crippen LogP contribution in [-0.4, -0.2) is 26.2 Å². The minimum atomic E-state index is -0.340. The van der Waals surface area contributed by atoms with Crippen LogP contribution in [0, 0.1) is 0 Å². The summed E-state index contributed by atoms with van der Waals surface area (Å²) < 4.78 is 10.4. The fourth-order valence-corrected chi connectivity index (χ4v) is 2.39. The molecule has 25 heavy (non-hydrogen) atoms. The van der Waals surface area contributed by atoms with E-state index in [-0.39, 0.29) is 11.4 Å². The summed E-state index contributed by atoms with van der Waals surface area (Å²) in [5.74, 6) is 0.412. The Hall–Kier alpha value is -2.49. The van der Waals surface area contributed by atoms with E-state index in [4.69, 9.17) is 4.74 Å². The number of carbonyl (C=O) groups excluding carboxylic acids is 1. The van der Waals surface area contributed by atoms with E-state index in [1.807, 2.05) is 0 Å². The zero-order chi connectivity index (χ0) is 18.3. The number of anilines is 1. The average Bonchev–Trinajstić information content (AvgIpc) is 2.61. The Morgan fingerprint density at radius 2 is 1.64 bits per heavy atom. The maximum absolute atomic E-state index is 11.4. The number of rotatable bonds is 7. The third kappa shape index (κ3) is 5.82. The number of esters is 1. The number of benzene rings is 2. The Bertz CT molecular complexity index is 670. The van der Waals surface area contributed by atoms with Gasteiger partial charge >= 0.3 is 5.97 Å². The lowest BCUT2D eigenvalue weighted by atomic mass is 9.87. The minimum absolute atomic E-state index is 0.176. The van der Waals surface area contributed by atoms with Crippen molar-refractivity contribution in [1.82, 2.24) is 0 Å². The van der Waals surface area contributed by atoms with Crippen molar-refractivity contribution in [2.45, 2.75) is 32.6 Å². The summed E-state index contributed by atoms with van der Waals surface area (Å²) in [7, 11) is 1.37. The van der Waals surface area contributed by atoms with E-state index < -0.39 is 0 Å². The van der Waals surface area contributed by atoms with Crippen molar-refractivity contribution in [3.05, 3.63) is 59.7 Å². The largest absolute Gasteiger partial charge is 0.494 e. The fourth-order valence-electron chi connectivity index (χ4n) is 2.39. The number of methoxy groups -OCH3 is 1. The molecule has 0 bridgehead atoms. The van der Waals surface area contributed by atoms with Gasteiger partial charge in [0.15, 0.2) is 0 Å². The van der Waals surface area contributed by atoms with Crippen LogP contribution in [0.5, 0.6) is 5.75 Å². The van der Waals surface area contributed by atoms with Crippen molar-refractivity contribution >= 4 is 11.7 Å². The van der Waals surface area contributed by atoms with Gasteiger partial charge in [-0.05, 0) is 53.8 Å². The van der Waals surface area contributed by atoms with Crippen LogP contribution in [0.25, 0.3) is 0 Å². The zero-order valence-electron chi connectivity index (χ0n) is 15.5. The monoisotopic (exact) mass is 341 g/mol. The van der Waals surface area contributed by atoms with E-state index in [0.29, 0.717) is 12.2 Å². The van der Waals surface area contributed by atoms with Crippen molar-refractivity contribution in [2.75, 3.05) is 25.6 Å². The molecule has 4 heteroatoms. The molecule has 2 aromatic carbocycles. The minimum Gasteiger partial charge on any atom is -0.494 e. The summed E-state index contributed by atoms with van der Waals surface area (Å²) in [6.45, 7) is 8.10. The van der Waals surface area contributed by atoms with Gasteiger partial charge in [0.1, 0.15) is 5.75 Å². The molecule has 1 N–H and O–H groups in total. The highest BCUT2D eigenvalue weighted by atomic mass is 16.5. The van der Waals surface area contributed by atoms with Crippen molar-refractivity contribution in [3.8, 4) is 5.75 Å². The van der Waals surface area contributed by atoms with Gasteiger partial charge in [-0.15, -0.1) is 0 Å². The second-order valence-electron chi connectivity index (χ2n) is 6.97. The third-order valence-corrected chi connectivity index (χ3v) is 3.95. The highest BCUT2D eigenvalue weighted by Crippen LogP contribution is 2.23. The van der Waals surface area contributed by atoms with Crippen LogP contribution >= 0.6 is 0 Å². The Balaban J connectivity index is 1.70. The topological polar surface area (TPSA) is 47.6 Å². The van der Waals surface area contributed by atoms with Gasteiger partial charge in [-0.25, -0.2) is 4.79 Å². The van der Waals surface area contributed by atoms with Gasteiger partial charge in [0.05, 0.1) is 19.3 Å². The quantitative estimate of drug-likeness (QED) is 0.588. The Morgan fingerprint density at radius 1 is 1.00 bits per heavy atom. The van der Waals surface area contributed by atoms with E-state index in [1.54, 1.807) is 24.3 Å². The maximum atomic E-state index is 11.4. The lowest BCUT2D eigenvalue weighted by Gasteiger charge is -2.19. The molecule has 2 aromatic rings. The zero-order valence-corrected chi connectivity index (χ0v) is 15.5. The molecule has 0 aliphatic carbocycles. The molecule has 134 valence electrons. The molecule has 0 amide bonds. The van der Waals surface area contributed by atoms with Crippen LogP contribution in [0.3, 0.4) is 0 Å². The lowest BCUT2D eigenvalue weighted by molar-refractivity contribution is 0.0600. The molecular formula is C21H27NO3. The number of nitrogens with one attached hydrogen (secondary N) is 1. The first-order chi connectivity index (χ1) is 11.9. The van der Waals surface area contributed by atoms with Crippen LogP contribution in [0.4, 0.5) is 5.69 Å². The second kappa shape index (κ2) is 8.56. The van der Waals surface area contributed by atoms with Gasteiger partial charge in [0.2, 0.25) is 0 Å². The van der Waals surface area contributed by atoms with Gasteiger partial charge in [0.25, 0.3) is 0 Å². The fraction of sp³-hybridized carbons (Fsp3) is 0.381. The lowest BCUT2D eigenvalue weighted by Crippen LogP contribution is -2.11. The maximum Gasteiger partial charge on any atom is 0.337 e. The number of carbonyl (C=O) groups is 1. The van der Waals surface area contributed by atoms with Crippen molar-refractivity contribution in [3.63, 3.8) is 0 Å². The van der Waals surface area contributed by atoms with Gasteiger partial charge in [-0.2, -0.15) is 0 Å². The van der Waals surface area contributed by atoms with Crippen molar-refractivity contribution in [1.29, 1.82) is 0 Å². The SMILES string of the molecule is COC(=O)c1ccc(OCCCNc2ccc(C(C)(C)C)cc2)cc1. The van der Waals surface area contributed by atoms with Crippen LogP contribution in [-0.2, 0) is 10.2 Å². The average molecular weight is 341 g/mol. The summed E-state index contributed by atoms with van der Waals surface area (Å²) in [5, 5.41) is 3.40. The molecule has 0 atom stereocenters. The van der Waals surface area contributed by atoms with E-state index in [0.717, 1.165) is 24.4 Å². The van der Waals surface area contributed by atoms with E-state index in [2.05, 4.69) is 55.1 Å².